The summed E-state index contributed by atoms with van der Waals surface area (Å²) in [7, 11) is 0. The van der Waals surface area contributed by atoms with Crippen LogP contribution in [0.4, 0.5) is 5.69 Å². The number of hydrogen-bond acceptors (Lipinski definition) is 4. The van der Waals surface area contributed by atoms with E-state index in [1.54, 1.807) is 0 Å². The fourth-order valence-corrected chi connectivity index (χ4v) is 2.88. The van der Waals surface area contributed by atoms with Crippen LogP contribution in [0, 0.1) is 6.92 Å². The first-order valence-corrected chi connectivity index (χ1v) is 7.38. The summed E-state index contributed by atoms with van der Waals surface area (Å²) in [6.45, 7) is 11.1. The number of benzene rings is 1. The maximum absolute atomic E-state index is 9.89. The normalized spacial score (nSPS) is 17.6. The molecule has 1 fully saturated rings. The SMILES string of the molecule is Cc1ccc(N2CCN(CC(C)(C)O)CC2)c(CN)c1. The molecule has 4 nitrogen and oxygen atoms in total. The van der Waals surface area contributed by atoms with Crippen LogP contribution in [-0.4, -0.2) is 48.3 Å². The molecule has 4 heteroatoms. The van der Waals surface area contributed by atoms with Gasteiger partial charge in [-0.15, -0.1) is 0 Å². The quantitative estimate of drug-likeness (QED) is 0.872. The molecule has 20 heavy (non-hydrogen) atoms. The molecule has 0 amide bonds. The molecule has 0 atom stereocenters. The molecule has 0 saturated carbocycles. The van der Waals surface area contributed by atoms with Gasteiger partial charge in [0.2, 0.25) is 0 Å². The molecule has 1 aromatic carbocycles. The number of nitrogens with zero attached hydrogens (tertiary/aromatic N) is 2. The molecule has 0 spiro atoms. The molecule has 2 rings (SSSR count). The minimum absolute atomic E-state index is 0.584. The monoisotopic (exact) mass is 277 g/mol. The van der Waals surface area contributed by atoms with Gasteiger partial charge in [-0.1, -0.05) is 17.7 Å². The number of rotatable bonds is 4. The van der Waals surface area contributed by atoms with Crippen molar-refractivity contribution in [3.05, 3.63) is 29.3 Å². The second kappa shape index (κ2) is 6.12. The summed E-state index contributed by atoms with van der Waals surface area (Å²) in [5, 5.41) is 9.89. The minimum Gasteiger partial charge on any atom is -0.389 e. The average molecular weight is 277 g/mol. The van der Waals surface area contributed by atoms with Crippen LogP contribution in [0.1, 0.15) is 25.0 Å². The fourth-order valence-electron chi connectivity index (χ4n) is 2.88. The molecule has 0 bridgehead atoms. The van der Waals surface area contributed by atoms with Crippen LogP contribution in [0.15, 0.2) is 18.2 Å². The lowest BCUT2D eigenvalue weighted by molar-refractivity contribution is 0.0345. The topological polar surface area (TPSA) is 52.7 Å². The van der Waals surface area contributed by atoms with Gasteiger partial charge >= 0.3 is 0 Å². The highest BCUT2D eigenvalue weighted by atomic mass is 16.3. The first-order valence-electron chi connectivity index (χ1n) is 7.38. The van der Waals surface area contributed by atoms with Crippen molar-refractivity contribution >= 4 is 5.69 Å². The third kappa shape index (κ3) is 3.95. The maximum Gasteiger partial charge on any atom is 0.0718 e. The Hall–Kier alpha value is -1.10. The van der Waals surface area contributed by atoms with E-state index >= 15 is 0 Å². The van der Waals surface area contributed by atoms with Crippen LogP contribution in [-0.2, 0) is 6.54 Å². The van der Waals surface area contributed by atoms with Crippen LogP contribution < -0.4 is 10.6 Å². The van der Waals surface area contributed by atoms with Crippen LogP contribution >= 0.6 is 0 Å². The summed E-state index contributed by atoms with van der Waals surface area (Å²) in [6.07, 6.45) is 0. The van der Waals surface area contributed by atoms with Crippen LogP contribution in [0.25, 0.3) is 0 Å². The highest BCUT2D eigenvalue weighted by molar-refractivity contribution is 5.55. The van der Waals surface area contributed by atoms with Gasteiger partial charge in [0.15, 0.2) is 0 Å². The molecule has 1 heterocycles. The van der Waals surface area contributed by atoms with Crippen molar-refractivity contribution in [2.45, 2.75) is 32.9 Å². The van der Waals surface area contributed by atoms with Gasteiger partial charge in [-0.2, -0.15) is 0 Å². The zero-order valence-electron chi connectivity index (χ0n) is 12.9. The molecule has 0 radical (unpaired) electrons. The highest BCUT2D eigenvalue weighted by Gasteiger charge is 2.23. The Balaban J connectivity index is 2.00. The third-order valence-corrected chi connectivity index (χ3v) is 3.78. The lowest BCUT2D eigenvalue weighted by Crippen LogP contribution is -2.50. The van der Waals surface area contributed by atoms with Gasteiger partial charge in [-0.25, -0.2) is 0 Å². The smallest absolute Gasteiger partial charge is 0.0718 e. The lowest BCUT2D eigenvalue weighted by atomic mass is 10.1. The Kier molecular flexibility index (Phi) is 4.68. The number of nitrogens with two attached hydrogens (primary N) is 1. The first kappa shape index (κ1) is 15.3. The van der Waals surface area contributed by atoms with E-state index in [9.17, 15) is 5.11 Å². The van der Waals surface area contributed by atoms with Crippen LogP contribution in [0.5, 0.6) is 0 Å². The average Bonchev–Trinajstić information content (AvgIpc) is 2.38. The van der Waals surface area contributed by atoms with Crippen LogP contribution in [0.3, 0.4) is 0 Å². The minimum atomic E-state index is -0.617. The van der Waals surface area contributed by atoms with Gasteiger partial charge in [-0.05, 0) is 32.4 Å². The summed E-state index contributed by atoms with van der Waals surface area (Å²) in [5.41, 5.74) is 9.00. The number of hydrogen-bond donors (Lipinski definition) is 2. The molecule has 0 unspecified atom stereocenters. The molecule has 1 aliphatic rings. The standard InChI is InChI=1S/C16H27N3O/c1-13-4-5-15(14(10-13)11-17)19-8-6-18(7-9-19)12-16(2,3)20/h4-5,10,20H,6-9,11-12,17H2,1-3H3. The van der Waals surface area contributed by atoms with Crippen molar-refractivity contribution in [2.75, 3.05) is 37.6 Å². The van der Waals surface area contributed by atoms with E-state index in [2.05, 4.69) is 34.9 Å². The summed E-state index contributed by atoms with van der Waals surface area (Å²) >= 11 is 0. The molecular formula is C16H27N3O. The third-order valence-electron chi connectivity index (χ3n) is 3.78. The Morgan fingerprint density at radius 3 is 2.40 bits per heavy atom. The number of anilines is 1. The van der Waals surface area contributed by atoms with Crippen molar-refractivity contribution in [2.24, 2.45) is 5.73 Å². The molecule has 1 aliphatic heterocycles. The van der Waals surface area contributed by atoms with Gasteiger partial charge in [0.25, 0.3) is 0 Å². The van der Waals surface area contributed by atoms with Crippen molar-refractivity contribution in [3.63, 3.8) is 0 Å². The Bertz CT molecular complexity index is 446. The number of aryl methyl sites for hydroxylation is 1. The van der Waals surface area contributed by atoms with Crippen molar-refractivity contribution in [3.8, 4) is 0 Å². The van der Waals surface area contributed by atoms with E-state index in [0.717, 1.165) is 32.7 Å². The van der Waals surface area contributed by atoms with Crippen molar-refractivity contribution < 1.29 is 5.11 Å². The fraction of sp³-hybridized carbons (Fsp3) is 0.625. The maximum atomic E-state index is 9.89. The van der Waals surface area contributed by atoms with Crippen LogP contribution in [0.2, 0.25) is 0 Å². The van der Waals surface area contributed by atoms with E-state index in [0.29, 0.717) is 6.54 Å². The molecule has 112 valence electrons. The largest absolute Gasteiger partial charge is 0.389 e. The van der Waals surface area contributed by atoms with E-state index in [4.69, 9.17) is 5.73 Å². The predicted molar refractivity (Wildman–Crippen MR) is 84.0 cm³/mol. The van der Waals surface area contributed by atoms with Gasteiger partial charge in [0, 0.05) is 45.0 Å². The Morgan fingerprint density at radius 1 is 1.20 bits per heavy atom. The van der Waals surface area contributed by atoms with Gasteiger partial charge in [0.1, 0.15) is 0 Å². The van der Waals surface area contributed by atoms with E-state index in [1.165, 1.54) is 16.8 Å². The number of aliphatic hydroxyl groups is 1. The Morgan fingerprint density at radius 2 is 1.85 bits per heavy atom. The van der Waals surface area contributed by atoms with Crippen molar-refractivity contribution in [1.82, 2.24) is 4.90 Å². The molecule has 0 aliphatic carbocycles. The molecular weight excluding hydrogens is 250 g/mol. The summed E-state index contributed by atoms with van der Waals surface area (Å²) in [4.78, 5) is 4.73. The second-order valence-electron chi connectivity index (χ2n) is 6.41. The highest BCUT2D eigenvalue weighted by Crippen LogP contribution is 2.23. The van der Waals surface area contributed by atoms with Crippen molar-refractivity contribution in [1.29, 1.82) is 0 Å². The van der Waals surface area contributed by atoms with Gasteiger partial charge in [0.05, 0.1) is 5.60 Å². The summed E-state index contributed by atoms with van der Waals surface area (Å²) in [6, 6.07) is 6.51. The van der Waals surface area contributed by atoms with Gasteiger partial charge in [-0.3, -0.25) is 4.90 Å². The van der Waals surface area contributed by atoms with E-state index < -0.39 is 5.60 Å². The number of β-amino-alcohol motifs (C(OH)–C–C–N with tert-alkyl or cyclic N) is 1. The zero-order valence-corrected chi connectivity index (χ0v) is 12.9. The molecule has 1 saturated heterocycles. The molecule has 3 N–H and O–H groups in total. The molecule has 0 aromatic heterocycles. The summed E-state index contributed by atoms with van der Waals surface area (Å²) < 4.78 is 0. The first-order chi connectivity index (χ1) is 9.39. The number of piperazine rings is 1. The zero-order chi connectivity index (χ0) is 14.8. The van der Waals surface area contributed by atoms with E-state index in [-0.39, 0.29) is 0 Å². The predicted octanol–water partition coefficient (Wildman–Crippen LogP) is 1.35. The summed E-state index contributed by atoms with van der Waals surface area (Å²) in [5.74, 6) is 0. The lowest BCUT2D eigenvalue weighted by Gasteiger charge is -2.39. The second-order valence-corrected chi connectivity index (χ2v) is 6.41. The molecule has 1 aromatic rings. The van der Waals surface area contributed by atoms with E-state index in [1.807, 2.05) is 13.8 Å². The van der Waals surface area contributed by atoms with Gasteiger partial charge < -0.3 is 15.7 Å². The Labute approximate surface area is 122 Å².